The molecule has 1 fully saturated rings. The van der Waals surface area contributed by atoms with Gasteiger partial charge in [0.2, 0.25) is 5.91 Å². The number of carbonyl (C=O) groups excluding carboxylic acids is 1. The van der Waals surface area contributed by atoms with Crippen molar-refractivity contribution in [2.24, 2.45) is 5.73 Å². The van der Waals surface area contributed by atoms with Gasteiger partial charge in [-0.15, -0.1) is 6.58 Å². The van der Waals surface area contributed by atoms with E-state index >= 15 is 0 Å². The summed E-state index contributed by atoms with van der Waals surface area (Å²) in [6, 6.07) is -0.222. The SMILES string of the molecule is C=CCN1C(CN)C(=O)N(C)CCC1(C)C. The second-order valence-corrected chi connectivity index (χ2v) is 5.01. The molecule has 1 heterocycles. The lowest BCUT2D eigenvalue weighted by Crippen LogP contribution is -2.55. The van der Waals surface area contributed by atoms with Gasteiger partial charge in [0.25, 0.3) is 0 Å². The molecular weight excluding hydrogens is 202 g/mol. The molecule has 4 heteroatoms. The van der Waals surface area contributed by atoms with E-state index in [0.717, 1.165) is 13.0 Å². The number of hydrogen-bond acceptors (Lipinski definition) is 3. The maximum absolute atomic E-state index is 12.1. The van der Waals surface area contributed by atoms with E-state index in [1.54, 1.807) is 4.90 Å². The molecule has 0 bridgehead atoms. The Hall–Kier alpha value is -0.870. The van der Waals surface area contributed by atoms with Gasteiger partial charge in [-0.2, -0.15) is 0 Å². The van der Waals surface area contributed by atoms with E-state index in [1.807, 2.05) is 13.1 Å². The van der Waals surface area contributed by atoms with Crippen LogP contribution in [-0.4, -0.2) is 54.0 Å². The van der Waals surface area contributed by atoms with Crippen molar-refractivity contribution in [1.29, 1.82) is 0 Å². The fourth-order valence-electron chi connectivity index (χ4n) is 2.25. The summed E-state index contributed by atoms with van der Waals surface area (Å²) in [6.07, 6.45) is 2.79. The summed E-state index contributed by atoms with van der Waals surface area (Å²) < 4.78 is 0. The Bertz CT molecular complexity index is 275. The van der Waals surface area contributed by atoms with E-state index in [1.165, 1.54) is 0 Å². The Morgan fingerprint density at radius 2 is 2.25 bits per heavy atom. The molecule has 1 rings (SSSR count). The summed E-state index contributed by atoms with van der Waals surface area (Å²) in [7, 11) is 1.85. The van der Waals surface area contributed by atoms with Crippen LogP contribution in [0.1, 0.15) is 20.3 Å². The molecule has 2 N–H and O–H groups in total. The van der Waals surface area contributed by atoms with Crippen molar-refractivity contribution in [3.05, 3.63) is 12.7 Å². The molecule has 0 aromatic heterocycles. The first-order valence-electron chi connectivity index (χ1n) is 5.76. The van der Waals surface area contributed by atoms with Gasteiger partial charge >= 0.3 is 0 Å². The van der Waals surface area contributed by atoms with Crippen LogP contribution < -0.4 is 5.73 Å². The predicted octanol–water partition coefficient (Wildman–Crippen LogP) is 0.442. The lowest BCUT2D eigenvalue weighted by molar-refractivity contribution is -0.134. The van der Waals surface area contributed by atoms with Crippen LogP contribution in [0.4, 0.5) is 0 Å². The highest BCUT2D eigenvalue weighted by Crippen LogP contribution is 2.25. The Labute approximate surface area is 98.1 Å². The molecular formula is C12H23N3O. The first-order valence-corrected chi connectivity index (χ1v) is 5.76. The van der Waals surface area contributed by atoms with Gasteiger partial charge in [0.05, 0.1) is 0 Å². The number of nitrogens with two attached hydrogens (primary N) is 1. The van der Waals surface area contributed by atoms with Crippen LogP contribution in [0.25, 0.3) is 0 Å². The minimum Gasteiger partial charge on any atom is -0.344 e. The standard InChI is InChI=1S/C12H23N3O/c1-5-7-15-10(9-13)11(16)14(4)8-6-12(15,2)3/h5,10H,1,6-9,13H2,2-4H3. The van der Waals surface area contributed by atoms with E-state index < -0.39 is 0 Å². The van der Waals surface area contributed by atoms with Crippen LogP contribution in [0.2, 0.25) is 0 Å². The highest BCUT2D eigenvalue weighted by Gasteiger charge is 2.39. The van der Waals surface area contributed by atoms with Crippen molar-refractivity contribution < 1.29 is 4.79 Å². The molecule has 0 saturated carbocycles. The molecule has 1 unspecified atom stereocenters. The Morgan fingerprint density at radius 1 is 1.62 bits per heavy atom. The summed E-state index contributed by atoms with van der Waals surface area (Å²) in [6.45, 7) is 9.93. The molecule has 0 spiro atoms. The molecule has 4 nitrogen and oxygen atoms in total. The number of likely N-dealkylation sites (N-methyl/N-ethyl adjacent to an activating group) is 1. The van der Waals surface area contributed by atoms with E-state index in [4.69, 9.17) is 5.73 Å². The smallest absolute Gasteiger partial charge is 0.241 e. The van der Waals surface area contributed by atoms with Gasteiger partial charge in [-0.3, -0.25) is 9.69 Å². The van der Waals surface area contributed by atoms with Gasteiger partial charge in [0, 0.05) is 32.2 Å². The monoisotopic (exact) mass is 225 g/mol. The van der Waals surface area contributed by atoms with Gasteiger partial charge in [0.15, 0.2) is 0 Å². The topological polar surface area (TPSA) is 49.6 Å². The molecule has 0 radical (unpaired) electrons. The largest absolute Gasteiger partial charge is 0.344 e. The maximum Gasteiger partial charge on any atom is 0.241 e. The van der Waals surface area contributed by atoms with Crippen LogP contribution in [-0.2, 0) is 4.79 Å². The summed E-state index contributed by atoms with van der Waals surface area (Å²) in [5, 5.41) is 0. The quantitative estimate of drug-likeness (QED) is 0.709. The molecule has 0 aromatic rings. The first kappa shape index (κ1) is 13.2. The van der Waals surface area contributed by atoms with E-state index in [2.05, 4.69) is 25.3 Å². The Kier molecular flexibility index (Phi) is 4.10. The summed E-state index contributed by atoms with van der Waals surface area (Å²) in [5.41, 5.74) is 5.73. The van der Waals surface area contributed by atoms with E-state index in [0.29, 0.717) is 13.1 Å². The van der Waals surface area contributed by atoms with Crippen molar-refractivity contribution in [3.8, 4) is 0 Å². The van der Waals surface area contributed by atoms with Gasteiger partial charge < -0.3 is 10.6 Å². The van der Waals surface area contributed by atoms with E-state index in [-0.39, 0.29) is 17.5 Å². The number of amides is 1. The third kappa shape index (κ3) is 2.44. The van der Waals surface area contributed by atoms with Crippen molar-refractivity contribution in [1.82, 2.24) is 9.80 Å². The minimum atomic E-state index is -0.222. The number of hydrogen-bond donors (Lipinski definition) is 1. The van der Waals surface area contributed by atoms with Crippen molar-refractivity contribution in [3.63, 3.8) is 0 Å². The summed E-state index contributed by atoms with van der Waals surface area (Å²) in [5.74, 6) is 0.120. The molecule has 1 saturated heterocycles. The zero-order valence-electron chi connectivity index (χ0n) is 10.6. The molecule has 1 amide bonds. The van der Waals surface area contributed by atoms with Crippen molar-refractivity contribution in [2.75, 3.05) is 26.7 Å². The first-order chi connectivity index (χ1) is 7.44. The second kappa shape index (κ2) is 4.97. The van der Waals surface area contributed by atoms with Crippen LogP contribution in [0.3, 0.4) is 0 Å². The summed E-state index contributed by atoms with van der Waals surface area (Å²) in [4.78, 5) is 16.1. The zero-order chi connectivity index (χ0) is 12.3. The third-order valence-electron chi connectivity index (χ3n) is 3.42. The number of rotatable bonds is 3. The van der Waals surface area contributed by atoms with Gasteiger partial charge in [-0.1, -0.05) is 6.08 Å². The normalized spacial score (nSPS) is 26.6. The summed E-state index contributed by atoms with van der Waals surface area (Å²) >= 11 is 0. The van der Waals surface area contributed by atoms with Crippen molar-refractivity contribution >= 4 is 5.91 Å². The molecule has 16 heavy (non-hydrogen) atoms. The van der Waals surface area contributed by atoms with Gasteiger partial charge in [-0.25, -0.2) is 0 Å². The average molecular weight is 225 g/mol. The van der Waals surface area contributed by atoms with Crippen LogP contribution >= 0.6 is 0 Å². The minimum absolute atomic E-state index is 0.0152. The molecule has 1 aliphatic heterocycles. The van der Waals surface area contributed by atoms with Crippen LogP contribution in [0.5, 0.6) is 0 Å². The molecule has 0 aliphatic carbocycles. The third-order valence-corrected chi connectivity index (χ3v) is 3.42. The molecule has 92 valence electrons. The Balaban J connectivity index is 3.02. The lowest BCUT2D eigenvalue weighted by atomic mass is 9.97. The molecule has 1 atom stereocenters. The van der Waals surface area contributed by atoms with Crippen LogP contribution in [0, 0.1) is 0 Å². The second-order valence-electron chi connectivity index (χ2n) is 5.01. The van der Waals surface area contributed by atoms with Gasteiger partial charge in [0.1, 0.15) is 6.04 Å². The maximum atomic E-state index is 12.1. The fourth-order valence-corrected chi connectivity index (χ4v) is 2.25. The zero-order valence-corrected chi connectivity index (χ0v) is 10.6. The number of carbonyl (C=O) groups is 1. The fraction of sp³-hybridized carbons (Fsp3) is 0.750. The average Bonchev–Trinajstić information content (AvgIpc) is 2.31. The molecule has 1 aliphatic rings. The van der Waals surface area contributed by atoms with Crippen molar-refractivity contribution in [2.45, 2.75) is 31.8 Å². The Morgan fingerprint density at radius 3 is 2.75 bits per heavy atom. The lowest BCUT2D eigenvalue weighted by Gasteiger charge is -2.39. The highest BCUT2D eigenvalue weighted by molar-refractivity contribution is 5.82. The van der Waals surface area contributed by atoms with E-state index in [9.17, 15) is 4.79 Å². The molecule has 0 aromatic carbocycles. The van der Waals surface area contributed by atoms with Gasteiger partial charge in [-0.05, 0) is 20.3 Å². The predicted molar refractivity (Wildman–Crippen MR) is 66.1 cm³/mol. The highest BCUT2D eigenvalue weighted by atomic mass is 16.2. The number of nitrogens with zero attached hydrogens (tertiary/aromatic N) is 2. The van der Waals surface area contributed by atoms with Crippen LogP contribution in [0.15, 0.2) is 12.7 Å².